The third-order valence-electron chi connectivity index (χ3n) is 3.24. The molecule has 1 aromatic carbocycles. The van der Waals surface area contributed by atoms with Gasteiger partial charge in [0.05, 0.1) is 6.61 Å². The fourth-order valence-corrected chi connectivity index (χ4v) is 2.16. The number of amides is 1. The summed E-state index contributed by atoms with van der Waals surface area (Å²) >= 11 is 0. The minimum atomic E-state index is -0.328. The molecule has 0 saturated carbocycles. The predicted octanol–water partition coefficient (Wildman–Crippen LogP) is 1.69. The van der Waals surface area contributed by atoms with Crippen LogP contribution in [0.5, 0.6) is 5.75 Å². The van der Waals surface area contributed by atoms with Crippen LogP contribution in [0.2, 0.25) is 0 Å². The Morgan fingerprint density at radius 3 is 2.54 bits per heavy atom. The second-order valence-electron chi connectivity index (χ2n) is 5.63. The third kappa shape index (κ3) is 4.91. The number of carbonyl (C=O) groups is 1. The first-order valence-corrected chi connectivity index (χ1v) is 7.98. The standard InChI is InChI=1S/C17H22N4O3/c1-4-24-13-7-5-12(6-8-13)16-19-17(23)14(20-21-16)9-10-15(22)18-11(2)3/h5-8,11H,4,9-10H2,1-3H3,(H,18,22)(H,19,21,23). The molecule has 1 heterocycles. The number of nitrogens with one attached hydrogen (secondary N) is 2. The molecule has 1 aromatic heterocycles. The first-order chi connectivity index (χ1) is 11.5. The molecule has 0 aliphatic carbocycles. The van der Waals surface area contributed by atoms with Gasteiger partial charge in [-0.1, -0.05) is 0 Å². The Labute approximate surface area is 140 Å². The Hall–Kier alpha value is -2.70. The summed E-state index contributed by atoms with van der Waals surface area (Å²) in [5.41, 5.74) is 0.668. The molecule has 0 unspecified atom stereocenters. The van der Waals surface area contributed by atoms with Crippen molar-refractivity contribution in [3.05, 3.63) is 40.3 Å². The fourth-order valence-electron chi connectivity index (χ4n) is 2.16. The molecule has 2 rings (SSSR count). The molecule has 0 fully saturated rings. The summed E-state index contributed by atoms with van der Waals surface area (Å²) in [7, 11) is 0. The molecule has 0 bridgehead atoms. The van der Waals surface area contributed by atoms with Crippen LogP contribution in [0.1, 0.15) is 32.9 Å². The van der Waals surface area contributed by atoms with Gasteiger partial charge in [-0.3, -0.25) is 9.59 Å². The Balaban J connectivity index is 2.06. The molecule has 0 radical (unpaired) electrons. The van der Waals surface area contributed by atoms with Crippen LogP contribution in [0, 0.1) is 0 Å². The number of aryl methyl sites for hydroxylation is 1. The third-order valence-corrected chi connectivity index (χ3v) is 3.24. The second-order valence-corrected chi connectivity index (χ2v) is 5.63. The first-order valence-electron chi connectivity index (χ1n) is 7.98. The molecule has 1 amide bonds. The summed E-state index contributed by atoms with van der Waals surface area (Å²) in [6.07, 6.45) is 0.461. The highest BCUT2D eigenvalue weighted by Crippen LogP contribution is 2.18. The van der Waals surface area contributed by atoms with Crippen molar-refractivity contribution in [3.8, 4) is 17.1 Å². The number of aromatic amines is 1. The number of carbonyl (C=O) groups excluding carboxylic acids is 1. The molecule has 2 aromatic rings. The number of rotatable bonds is 7. The van der Waals surface area contributed by atoms with E-state index in [1.807, 2.05) is 32.9 Å². The molecule has 0 atom stereocenters. The van der Waals surface area contributed by atoms with Crippen molar-refractivity contribution in [3.63, 3.8) is 0 Å². The molecule has 0 aliphatic heterocycles. The highest BCUT2D eigenvalue weighted by atomic mass is 16.5. The normalized spacial score (nSPS) is 10.7. The number of hydrogen-bond donors (Lipinski definition) is 2. The van der Waals surface area contributed by atoms with Gasteiger partial charge in [0.2, 0.25) is 5.91 Å². The van der Waals surface area contributed by atoms with Crippen molar-refractivity contribution < 1.29 is 9.53 Å². The number of ether oxygens (including phenoxy) is 1. The van der Waals surface area contributed by atoms with Crippen molar-refractivity contribution in [1.82, 2.24) is 20.5 Å². The zero-order valence-electron chi connectivity index (χ0n) is 14.1. The topological polar surface area (TPSA) is 97.0 Å². The second kappa shape index (κ2) is 8.24. The molecule has 24 heavy (non-hydrogen) atoms. The van der Waals surface area contributed by atoms with E-state index in [0.717, 1.165) is 11.3 Å². The number of H-pyrrole nitrogens is 1. The Kier molecular flexibility index (Phi) is 6.06. The van der Waals surface area contributed by atoms with Crippen LogP contribution in [-0.4, -0.2) is 33.7 Å². The van der Waals surface area contributed by atoms with Crippen LogP contribution in [0.4, 0.5) is 0 Å². The van der Waals surface area contributed by atoms with Crippen LogP contribution in [0.15, 0.2) is 29.1 Å². The summed E-state index contributed by atoms with van der Waals surface area (Å²) in [6, 6.07) is 7.30. The maximum absolute atomic E-state index is 12.1. The Bertz CT molecular complexity index is 738. The number of benzene rings is 1. The van der Waals surface area contributed by atoms with E-state index in [2.05, 4.69) is 20.5 Å². The molecule has 0 spiro atoms. The van der Waals surface area contributed by atoms with E-state index in [9.17, 15) is 9.59 Å². The quantitative estimate of drug-likeness (QED) is 0.805. The van der Waals surface area contributed by atoms with Crippen LogP contribution >= 0.6 is 0 Å². The predicted molar refractivity (Wildman–Crippen MR) is 90.9 cm³/mol. The van der Waals surface area contributed by atoms with Gasteiger partial charge >= 0.3 is 0 Å². The van der Waals surface area contributed by atoms with Crippen molar-refractivity contribution in [2.24, 2.45) is 0 Å². The lowest BCUT2D eigenvalue weighted by atomic mass is 10.2. The van der Waals surface area contributed by atoms with Crippen molar-refractivity contribution in [2.45, 2.75) is 39.7 Å². The van der Waals surface area contributed by atoms with Crippen LogP contribution in [0.3, 0.4) is 0 Å². The molecular formula is C17H22N4O3. The molecular weight excluding hydrogens is 308 g/mol. The lowest BCUT2D eigenvalue weighted by Crippen LogP contribution is -2.31. The van der Waals surface area contributed by atoms with E-state index in [4.69, 9.17) is 4.74 Å². The number of nitrogens with zero attached hydrogens (tertiary/aromatic N) is 2. The lowest BCUT2D eigenvalue weighted by molar-refractivity contribution is -0.121. The maximum Gasteiger partial charge on any atom is 0.273 e. The summed E-state index contributed by atoms with van der Waals surface area (Å²) in [6.45, 7) is 6.28. The lowest BCUT2D eigenvalue weighted by Gasteiger charge is -2.07. The summed E-state index contributed by atoms with van der Waals surface area (Å²) in [5, 5.41) is 10.8. The van der Waals surface area contributed by atoms with E-state index in [1.165, 1.54) is 0 Å². The van der Waals surface area contributed by atoms with Gasteiger partial charge in [-0.2, -0.15) is 0 Å². The molecule has 0 aliphatic rings. The largest absolute Gasteiger partial charge is 0.494 e. The van der Waals surface area contributed by atoms with Gasteiger partial charge in [0.15, 0.2) is 5.82 Å². The van der Waals surface area contributed by atoms with Crippen molar-refractivity contribution in [2.75, 3.05) is 6.61 Å². The summed E-state index contributed by atoms with van der Waals surface area (Å²) < 4.78 is 5.38. The molecule has 7 heteroatoms. The van der Waals surface area contributed by atoms with E-state index in [-0.39, 0.29) is 36.0 Å². The number of aromatic nitrogens is 3. The van der Waals surface area contributed by atoms with Gasteiger partial charge in [-0.15, -0.1) is 10.2 Å². The molecule has 0 saturated heterocycles. The number of hydrogen-bond acceptors (Lipinski definition) is 5. The minimum absolute atomic E-state index is 0.0731. The van der Waals surface area contributed by atoms with Gasteiger partial charge < -0.3 is 15.0 Å². The SMILES string of the molecule is CCOc1ccc(-c2nnc(CCC(=O)NC(C)C)c(=O)[nH]2)cc1. The van der Waals surface area contributed by atoms with E-state index >= 15 is 0 Å². The summed E-state index contributed by atoms with van der Waals surface area (Å²) in [4.78, 5) is 26.4. The highest BCUT2D eigenvalue weighted by molar-refractivity contribution is 5.76. The average Bonchev–Trinajstić information content (AvgIpc) is 2.54. The minimum Gasteiger partial charge on any atom is -0.494 e. The molecule has 7 nitrogen and oxygen atoms in total. The fraction of sp³-hybridized carbons (Fsp3) is 0.412. The van der Waals surface area contributed by atoms with Gasteiger partial charge in [-0.05, 0) is 45.0 Å². The Morgan fingerprint density at radius 2 is 1.96 bits per heavy atom. The molecule has 2 N–H and O–H groups in total. The Morgan fingerprint density at radius 1 is 1.25 bits per heavy atom. The maximum atomic E-state index is 12.1. The highest BCUT2D eigenvalue weighted by Gasteiger charge is 2.10. The van der Waals surface area contributed by atoms with Gasteiger partial charge in [0, 0.05) is 24.4 Å². The molecule has 128 valence electrons. The average molecular weight is 330 g/mol. The van der Waals surface area contributed by atoms with E-state index in [1.54, 1.807) is 12.1 Å². The summed E-state index contributed by atoms with van der Waals surface area (Å²) in [5.74, 6) is 1.03. The van der Waals surface area contributed by atoms with Gasteiger partial charge in [-0.25, -0.2) is 0 Å². The monoisotopic (exact) mass is 330 g/mol. The van der Waals surface area contributed by atoms with Crippen molar-refractivity contribution >= 4 is 5.91 Å². The van der Waals surface area contributed by atoms with Crippen LogP contribution in [0.25, 0.3) is 11.4 Å². The van der Waals surface area contributed by atoms with Gasteiger partial charge in [0.1, 0.15) is 11.4 Å². The van der Waals surface area contributed by atoms with E-state index in [0.29, 0.717) is 12.4 Å². The zero-order chi connectivity index (χ0) is 17.5. The van der Waals surface area contributed by atoms with Crippen molar-refractivity contribution in [1.29, 1.82) is 0 Å². The zero-order valence-corrected chi connectivity index (χ0v) is 14.1. The van der Waals surface area contributed by atoms with Gasteiger partial charge in [0.25, 0.3) is 5.56 Å². The van der Waals surface area contributed by atoms with E-state index < -0.39 is 0 Å². The smallest absolute Gasteiger partial charge is 0.273 e. The van der Waals surface area contributed by atoms with Crippen LogP contribution < -0.4 is 15.6 Å². The van der Waals surface area contributed by atoms with Crippen LogP contribution in [-0.2, 0) is 11.2 Å². The first kappa shape index (κ1) is 17.7.